The SMILES string of the molecule is CCN(C)[SH](C)(=O)CC. The predicted molar refractivity (Wildman–Crippen MR) is 44.3 cm³/mol. The fraction of sp³-hybridized carbons (Fsp3) is 1.00. The van der Waals surface area contributed by atoms with Gasteiger partial charge in [0.05, 0.1) is 0 Å². The van der Waals surface area contributed by atoms with E-state index in [0.717, 1.165) is 12.3 Å². The Hall–Kier alpha value is 0.110. The van der Waals surface area contributed by atoms with Gasteiger partial charge in [-0.25, -0.2) is 4.31 Å². The van der Waals surface area contributed by atoms with Gasteiger partial charge in [0.2, 0.25) is 0 Å². The summed E-state index contributed by atoms with van der Waals surface area (Å²) in [5.41, 5.74) is 0. The predicted octanol–water partition coefficient (Wildman–Crippen LogP) is 0.519. The first-order chi connectivity index (χ1) is 4.04. The molecule has 0 fully saturated rings. The molecule has 2 nitrogen and oxygen atoms in total. The first-order valence-corrected chi connectivity index (χ1v) is 5.62. The molecule has 0 atom stereocenters. The maximum Gasteiger partial charge on any atom is 0.00987 e. The third-order valence-corrected chi connectivity index (χ3v) is 4.67. The highest BCUT2D eigenvalue weighted by molar-refractivity contribution is 8.00. The van der Waals surface area contributed by atoms with E-state index in [9.17, 15) is 4.21 Å². The molecule has 0 unspecified atom stereocenters. The van der Waals surface area contributed by atoms with Crippen molar-refractivity contribution in [2.75, 3.05) is 25.6 Å². The van der Waals surface area contributed by atoms with Gasteiger partial charge in [-0.15, -0.1) is 0 Å². The first-order valence-electron chi connectivity index (χ1n) is 3.32. The van der Waals surface area contributed by atoms with Crippen molar-refractivity contribution in [2.24, 2.45) is 0 Å². The number of hydrogen-bond acceptors (Lipinski definition) is 1. The number of hydrogen-bond donors (Lipinski definition) is 1. The van der Waals surface area contributed by atoms with Gasteiger partial charge in [-0.1, -0.05) is 24.0 Å². The van der Waals surface area contributed by atoms with Crippen molar-refractivity contribution in [1.29, 1.82) is 0 Å². The normalized spacial score (nSPS) is 14.3. The summed E-state index contributed by atoms with van der Waals surface area (Å²) < 4.78 is 13.4. The molecule has 0 aromatic carbocycles. The highest BCUT2D eigenvalue weighted by Crippen LogP contribution is 2.02. The molecule has 0 bridgehead atoms. The lowest BCUT2D eigenvalue weighted by Gasteiger charge is -2.27. The molecule has 0 radical (unpaired) electrons. The molecule has 58 valence electrons. The van der Waals surface area contributed by atoms with E-state index >= 15 is 0 Å². The molecule has 0 saturated heterocycles. The van der Waals surface area contributed by atoms with Gasteiger partial charge < -0.3 is 0 Å². The molecule has 0 heterocycles. The van der Waals surface area contributed by atoms with Crippen LogP contribution in [0.1, 0.15) is 13.8 Å². The zero-order valence-corrected chi connectivity index (χ0v) is 7.61. The highest BCUT2D eigenvalue weighted by Gasteiger charge is 2.08. The molecule has 0 saturated carbocycles. The van der Waals surface area contributed by atoms with E-state index in [2.05, 4.69) is 0 Å². The topological polar surface area (TPSA) is 20.3 Å². The van der Waals surface area contributed by atoms with E-state index < -0.39 is 10.1 Å². The van der Waals surface area contributed by atoms with Crippen LogP contribution >= 0.6 is 0 Å². The molecule has 0 aliphatic heterocycles. The van der Waals surface area contributed by atoms with Gasteiger partial charge in [-0.05, 0) is 7.05 Å². The van der Waals surface area contributed by atoms with Gasteiger partial charge in [0, 0.05) is 18.6 Å². The fourth-order valence-electron chi connectivity index (χ4n) is 0.541. The monoisotopic (exact) mass is 151 g/mol. The quantitative estimate of drug-likeness (QED) is 0.583. The Morgan fingerprint density at radius 3 is 2.00 bits per heavy atom. The van der Waals surface area contributed by atoms with Crippen LogP contribution in [0.25, 0.3) is 0 Å². The molecule has 0 N–H and O–H groups in total. The Bertz CT molecular complexity index is 124. The molecule has 0 amide bonds. The molecule has 3 heteroatoms. The van der Waals surface area contributed by atoms with Gasteiger partial charge in [-0.2, -0.15) is 0 Å². The summed E-state index contributed by atoms with van der Waals surface area (Å²) in [4.78, 5) is 0. The van der Waals surface area contributed by atoms with Gasteiger partial charge >= 0.3 is 0 Å². The molecule has 0 aromatic heterocycles. The average Bonchev–Trinajstić information content (AvgIpc) is 1.86. The minimum atomic E-state index is -1.93. The molecule has 0 aliphatic rings. The van der Waals surface area contributed by atoms with Gasteiger partial charge in [0.1, 0.15) is 0 Å². The summed E-state index contributed by atoms with van der Waals surface area (Å²) in [5.74, 6) is 0.775. The van der Waals surface area contributed by atoms with Crippen molar-refractivity contribution in [3.63, 3.8) is 0 Å². The van der Waals surface area contributed by atoms with Crippen molar-refractivity contribution >= 4 is 10.1 Å². The van der Waals surface area contributed by atoms with Crippen LogP contribution in [-0.4, -0.2) is 34.1 Å². The van der Waals surface area contributed by atoms with Gasteiger partial charge in [0.25, 0.3) is 0 Å². The third kappa shape index (κ3) is 2.45. The Kier molecular flexibility index (Phi) is 3.36. The summed E-state index contributed by atoms with van der Waals surface area (Å²) in [5, 5.41) is 0. The van der Waals surface area contributed by atoms with Crippen LogP contribution in [0, 0.1) is 0 Å². The lowest BCUT2D eigenvalue weighted by molar-refractivity contribution is 0.536. The zero-order valence-electron chi connectivity index (χ0n) is 6.72. The number of thiol groups is 1. The van der Waals surface area contributed by atoms with Crippen LogP contribution in [-0.2, 0) is 10.1 Å². The Balaban J connectivity index is 3.98. The standard InChI is InChI=1S/C6H17NOS/c1-5-7(3)9(4,8)6-2/h9H,5-6H2,1-4H3. The number of nitrogens with zero attached hydrogens (tertiary/aromatic N) is 1. The lowest BCUT2D eigenvalue weighted by Crippen LogP contribution is -2.33. The second kappa shape index (κ2) is 3.32. The zero-order chi connectivity index (χ0) is 7.49. The number of rotatable bonds is 3. The minimum Gasteiger partial charge on any atom is -0.271 e. The van der Waals surface area contributed by atoms with Crippen LogP contribution < -0.4 is 0 Å². The van der Waals surface area contributed by atoms with Crippen molar-refractivity contribution in [2.45, 2.75) is 13.8 Å². The maximum atomic E-state index is 11.4. The second-order valence-corrected chi connectivity index (χ2v) is 5.76. The molecule has 0 spiro atoms. The summed E-state index contributed by atoms with van der Waals surface area (Å²) in [6.45, 7) is 4.86. The van der Waals surface area contributed by atoms with E-state index in [1.807, 2.05) is 31.5 Å². The average molecular weight is 151 g/mol. The fourth-order valence-corrected chi connectivity index (χ4v) is 1.62. The van der Waals surface area contributed by atoms with Crippen molar-refractivity contribution in [3.05, 3.63) is 0 Å². The second-order valence-electron chi connectivity index (χ2n) is 2.34. The van der Waals surface area contributed by atoms with E-state index in [4.69, 9.17) is 0 Å². The minimum absolute atomic E-state index is 0.775. The van der Waals surface area contributed by atoms with Crippen LogP contribution in [0.2, 0.25) is 0 Å². The molecular formula is C6H17NOS. The Morgan fingerprint density at radius 2 is 1.89 bits per heavy atom. The van der Waals surface area contributed by atoms with E-state index in [1.165, 1.54) is 0 Å². The van der Waals surface area contributed by atoms with E-state index in [1.54, 1.807) is 0 Å². The summed E-state index contributed by atoms with van der Waals surface area (Å²) >= 11 is 0. The molecule has 0 aliphatic carbocycles. The summed E-state index contributed by atoms with van der Waals surface area (Å²) in [6, 6.07) is 0. The Labute approximate surface area is 58.8 Å². The van der Waals surface area contributed by atoms with Gasteiger partial charge in [-0.3, -0.25) is 4.21 Å². The first kappa shape index (κ1) is 9.11. The van der Waals surface area contributed by atoms with Crippen LogP contribution in [0.3, 0.4) is 0 Å². The van der Waals surface area contributed by atoms with E-state index in [0.29, 0.717) is 0 Å². The lowest BCUT2D eigenvalue weighted by atomic mass is 10.8. The summed E-state index contributed by atoms with van der Waals surface area (Å²) in [7, 11) is -0.0241. The van der Waals surface area contributed by atoms with Crippen molar-refractivity contribution in [3.8, 4) is 0 Å². The maximum absolute atomic E-state index is 11.4. The van der Waals surface area contributed by atoms with Crippen LogP contribution in [0.4, 0.5) is 0 Å². The van der Waals surface area contributed by atoms with Crippen LogP contribution in [0.5, 0.6) is 0 Å². The van der Waals surface area contributed by atoms with Crippen molar-refractivity contribution in [1.82, 2.24) is 4.31 Å². The molecular weight excluding hydrogens is 134 g/mol. The van der Waals surface area contributed by atoms with Crippen molar-refractivity contribution < 1.29 is 4.21 Å². The van der Waals surface area contributed by atoms with E-state index in [-0.39, 0.29) is 0 Å². The largest absolute Gasteiger partial charge is 0.271 e. The molecule has 0 rings (SSSR count). The Morgan fingerprint density at radius 1 is 1.44 bits per heavy atom. The molecule has 0 aromatic rings. The third-order valence-electron chi connectivity index (χ3n) is 1.77. The molecule has 9 heavy (non-hydrogen) atoms. The van der Waals surface area contributed by atoms with Gasteiger partial charge in [0.15, 0.2) is 0 Å². The summed E-state index contributed by atoms with van der Waals surface area (Å²) in [6.07, 6.45) is 1.83. The van der Waals surface area contributed by atoms with Crippen LogP contribution in [0.15, 0.2) is 0 Å². The highest BCUT2D eigenvalue weighted by atomic mass is 32.3. The smallest absolute Gasteiger partial charge is 0.00987 e.